The van der Waals surface area contributed by atoms with Gasteiger partial charge in [0.15, 0.2) is 17.4 Å². The molecule has 0 bridgehead atoms. The molecule has 0 aromatic heterocycles. The summed E-state index contributed by atoms with van der Waals surface area (Å²) in [5.74, 6) is -0.211. The molecule has 0 radical (unpaired) electrons. The van der Waals surface area contributed by atoms with Crippen molar-refractivity contribution in [3.63, 3.8) is 0 Å². The highest BCUT2D eigenvalue weighted by Crippen LogP contribution is 1.69. The highest BCUT2D eigenvalue weighted by atomic mass is 27.0. The van der Waals surface area contributed by atoms with E-state index in [0.717, 1.165) is 0 Å². The van der Waals surface area contributed by atoms with Crippen LogP contribution in [0.25, 0.3) is 0 Å². The van der Waals surface area contributed by atoms with Crippen molar-refractivity contribution in [3.8, 4) is 0 Å². The monoisotopic (exact) mass is 118 g/mol. The zero-order chi connectivity index (χ0) is 4.99. The van der Waals surface area contributed by atoms with Gasteiger partial charge in [-0.25, -0.2) is 0 Å². The average Bonchev–Trinajstić information content (AvgIpc) is 1.35. The molecule has 2 nitrogen and oxygen atoms in total. The summed E-state index contributed by atoms with van der Waals surface area (Å²) in [6.07, 6.45) is 0. The van der Waals surface area contributed by atoms with Gasteiger partial charge in [0.05, 0.1) is 6.61 Å². The number of hydrogen-bond acceptors (Lipinski definition) is 2. The van der Waals surface area contributed by atoms with Crippen LogP contribution in [0.1, 0.15) is 13.8 Å². The molecule has 3 heteroatoms. The van der Waals surface area contributed by atoms with Gasteiger partial charge in [-0.05, 0) is 6.92 Å². The minimum Gasteiger partial charge on any atom is -0.466 e. The average molecular weight is 118 g/mol. The second kappa shape index (κ2) is 6.00. The molecule has 0 saturated carbocycles. The predicted octanol–water partition coefficient (Wildman–Crippen LogP) is -0.615. The highest BCUT2D eigenvalue weighted by molar-refractivity contribution is 5.75. The van der Waals surface area contributed by atoms with Crippen LogP contribution in [0, 0.1) is 0 Å². The molecular formula is C4H11AlO2. The van der Waals surface area contributed by atoms with E-state index < -0.39 is 0 Å². The number of esters is 1. The highest BCUT2D eigenvalue weighted by Gasteiger charge is 1.81. The van der Waals surface area contributed by atoms with Crippen LogP contribution < -0.4 is 0 Å². The molecule has 0 saturated heterocycles. The third-order valence-electron chi connectivity index (χ3n) is 0.348. The fraction of sp³-hybridized carbons (Fsp3) is 0.750. The summed E-state index contributed by atoms with van der Waals surface area (Å²) in [6.45, 7) is 3.65. The molecule has 0 fully saturated rings. The first-order valence-electron chi connectivity index (χ1n) is 1.90. The molecule has 0 aromatic carbocycles. The van der Waals surface area contributed by atoms with Crippen LogP contribution in [0.15, 0.2) is 0 Å². The summed E-state index contributed by atoms with van der Waals surface area (Å²) in [5, 5.41) is 0. The van der Waals surface area contributed by atoms with Gasteiger partial charge in [0.2, 0.25) is 0 Å². The van der Waals surface area contributed by atoms with Crippen LogP contribution in [0.2, 0.25) is 0 Å². The Balaban J connectivity index is 0. The number of carbonyl (C=O) groups is 1. The predicted molar refractivity (Wildman–Crippen MR) is 32.2 cm³/mol. The van der Waals surface area contributed by atoms with Crippen molar-refractivity contribution in [2.24, 2.45) is 0 Å². The summed E-state index contributed by atoms with van der Waals surface area (Å²) in [5.41, 5.74) is 0. The smallest absolute Gasteiger partial charge is 0.302 e. The molecule has 0 aliphatic heterocycles. The van der Waals surface area contributed by atoms with Gasteiger partial charge in [-0.2, -0.15) is 0 Å². The standard InChI is InChI=1S/C4H8O2.Al.3H/c1-3-6-4(2)5;;;;/h3H2,1-2H3;;;;. The molecule has 0 amide bonds. The lowest BCUT2D eigenvalue weighted by molar-refractivity contribution is -0.140. The topological polar surface area (TPSA) is 26.3 Å². The normalized spacial score (nSPS) is 6.57. The third kappa shape index (κ3) is 10.7. The molecule has 42 valence electrons. The molecule has 0 unspecified atom stereocenters. The number of rotatable bonds is 1. The zero-order valence-corrected chi connectivity index (χ0v) is 4.02. The maximum absolute atomic E-state index is 9.82. The summed E-state index contributed by atoms with van der Waals surface area (Å²) >= 11 is 0. The van der Waals surface area contributed by atoms with E-state index >= 15 is 0 Å². The fourth-order valence-electron chi connectivity index (χ4n) is 0.203. The lowest BCUT2D eigenvalue weighted by atomic mass is 10.8. The van der Waals surface area contributed by atoms with Gasteiger partial charge in [0, 0.05) is 6.92 Å². The van der Waals surface area contributed by atoms with E-state index in [-0.39, 0.29) is 23.3 Å². The summed E-state index contributed by atoms with van der Waals surface area (Å²) < 4.78 is 4.40. The maximum Gasteiger partial charge on any atom is 0.302 e. The molecule has 0 N–H and O–H groups in total. The lowest BCUT2D eigenvalue weighted by Crippen LogP contribution is -1.95. The quantitative estimate of drug-likeness (QED) is 0.339. The molecule has 0 heterocycles. The summed E-state index contributed by atoms with van der Waals surface area (Å²) in [4.78, 5) is 9.82. The molecule has 0 aliphatic rings. The van der Waals surface area contributed by atoms with Gasteiger partial charge in [-0.3, -0.25) is 4.79 Å². The molecule has 0 rings (SSSR count). The molecule has 0 spiro atoms. The molecule has 0 aromatic rings. The molecule has 0 atom stereocenters. The van der Waals surface area contributed by atoms with Gasteiger partial charge < -0.3 is 4.74 Å². The van der Waals surface area contributed by atoms with Crippen LogP contribution in [-0.2, 0) is 9.53 Å². The molecule has 7 heavy (non-hydrogen) atoms. The Morgan fingerprint density at radius 3 is 2.14 bits per heavy atom. The van der Waals surface area contributed by atoms with Crippen molar-refractivity contribution >= 4 is 23.3 Å². The second-order valence-corrected chi connectivity index (χ2v) is 0.925. The van der Waals surface area contributed by atoms with Gasteiger partial charge in [-0.15, -0.1) is 0 Å². The van der Waals surface area contributed by atoms with E-state index in [1.807, 2.05) is 0 Å². The van der Waals surface area contributed by atoms with Gasteiger partial charge in [-0.1, -0.05) is 0 Å². The van der Waals surface area contributed by atoms with E-state index in [9.17, 15) is 4.79 Å². The van der Waals surface area contributed by atoms with Crippen LogP contribution in [-0.4, -0.2) is 29.9 Å². The van der Waals surface area contributed by atoms with Crippen molar-refractivity contribution in [3.05, 3.63) is 0 Å². The lowest BCUT2D eigenvalue weighted by Gasteiger charge is -1.89. The summed E-state index contributed by atoms with van der Waals surface area (Å²) in [6, 6.07) is 0. The minimum absolute atomic E-state index is 0. The van der Waals surface area contributed by atoms with E-state index in [1.54, 1.807) is 6.92 Å². The van der Waals surface area contributed by atoms with Crippen LogP contribution in [0.4, 0.5) is 0 Å². The van der Waals surface area contributed by atoms with Crippen molar-refractivity contribution in [2.75, 3.05) is 6.61 Å². The van der Waals surface area contributed by atoms with Crippen molar-refractivity contribution in [2.45, 2.75) is 13.8 Å². The number of carbonyl (C=O) groups excluding carboxylic acids is 1. The fourth-order valence-corrected chi connectivity index (χ4v) is 0.203. The van der Waals surface area contributed by atoms with E-state index in [2.05, 4.69) is 4.74 Å². The second-order valence-electron chi connectivity index (χ2n) is 0.925. The number of hydrogen-bond donors (Lipinski definition) is 0. The van der Waals surface area contributed by atoms with Crippen LogP contribution >= 0.6 is 0 Å². The van der Waals surface area contributed by atoms with Gasteiger partial charge in [0.25, 0.3) is 0 Å². The summed E-state index contributed by atoms with van der Waals surface area (Å²) in [7, 11) is 0. The van der Waals surface area contributed by atoms with Crippen molar-refractivity contribution in [1.82, 2.24) is 0 Å². The van der Waals surface area contributed by atoms with Crippen molar-refractivity contribution < 1.29 is 9.53 Å². The third-order valence-corrected chi connectivity index (χ3v) is 0.348. The SMILES string of the molecule is CCOC(C)=O.[AlH3]. The largest absolute Gasteiger partial charge is 0.466 e. The first-order chi connectivity index (χ1) is 2.77. The van der Waals surface area contributed by atoms with Gasteiger partial charge >= 0.3 is 5.97 Å². The van der Waals surface area contributed by atoms with E-state index in [4.69, 9.17) is 0 Å². The Bertz CT molecular complexity index is 53.7. The van der Waals surface area contributed by atoms with Crippen LogP contribution in [0.3, 0.4) is 0 Å². The van der Waals surface area contributed by atoms with Crippen LogP contribution in [0.5, 0.6) is 0 Å². The van der Waals surface area contributed by atoms with Crippen molar-refractivity contribution in [1.29, 1.82) is 0 Å². The first kappa shape index (κ1) is 10.1. The van der Waals surface area contributed by atoms with E-state index in [1.165, 1.54) is 6.92 Å². The minimum atomic E-state index is -0.211. The Morgan fingerprint density at radius 2 is 2.14 bits per heavy atom. The van der Waals surface area contributed by atoms with Gasteiger partial charge in [0.1, 0.15) is 0 Å². The zero-order valence-electron chi connectivity index (χ0n) is 4.02. The Kier molecular flexibility index (Phi) is 8.65. The maximum atomic E-state index is 9.82. The Morgan fingerprint density at radius 1 is 1.71 bits per heavy atom. The Labute approximate surface area is 54.0 Å². The number of ether oxygens (including phenoxy) is 1. The Hall–Kier alpha value is 0.00247. The first-order valence-corrected chi connectivity index (χ1v) is 1.90. The molecular weight excluding hydrogens is 107 g/mol. The van der Waals surface area contributed by atoms with E-state index in [0.29, 0.717) is 6.61 Å². The molecule has 0 aliphatic carbocycles.